The molecule has 0 aliphatic carbocycles. The van der Waals surface area contributed by atoms with Gasteiger partial charge in [-0.1, -0.05) is 27.7 Å². The first kappa shape index (κ1) is 9.96. The number of hydrogen-bond acceptors (Lipinski definition) is 1. The van der Waals surface area contributed by atoms with Crippen molar-refractivity contribution in [3.63, 3.8) is 0 Å². The summed E-state index contributed by atoms with van der Waals surface area (Å²) in [5, 5.41) is 0. The van der Waals surface area contributed by atoms with Crippen LogP contribution in [0.4, 0.5) is 0 Å². The summed E-state index contributed by atoms with van der Waals surface area (Å²) in [6.45, 7) is 8.87. The highest BCUT2D eigenvalue weighted by Gasteiger charge is 2.12. The van der Waals surface area contributed by atoms with Gasteiger partial charge in [0.2, 0.25) is 0 Å². The van der Waals surface area contributed by atoms with Crippen molar-refractivity contribution in [1.29, 1.82) is 0 Å². The average Bonchev–Trinajstić information content (AvgIpc) is 1.81. The Balaban J connectivity index is 3.60. The molecular formula is C9H20O. The van der Waals surface area contributed by atoms with Gasteiger partial charge in [-0.3, -0.25) is 0 Å². The summed E-state index contributed by atoms with van der Waals surface area (Å²) in [5.74, 6) is 1.39. The van der Waals surface area contributed by atoms with Crippen molar-refractivity contribution in [3.05, 3.63) is 0 Å². The van der Waals surface area contributed by atoms with Crippen LogP contribution in [0, 0.1) is 11.8 Å². The Hall–Kier alpha value is -0.0400. The molecule has 1 unspecified atom stereocenters. The lowest BCUT2D eigenvalue weighted by Crippen LogP contribution is -2.19. The van der Waals surface area contributed by atoms with Crippen LogP contribution in [0.5, 0.6) is 0 Å². The summed E-state index contributed by atoms with van der Waals surface area (Å²) in [7, 11) is 1.80. The van der Waals surface area contributed by atoms with E-state index >= 15 is 0 Å². The van der Waals surface area contributed by atoms with E-state index < -0.39 is 0 Å². The van der Waals surface area contributed by atoms with E-state index in [-0.39, 0.29) is 0 Å². The lowest BCUT2D eigenvalue weighted by Gasteiger charge is -2.20. The molecule has 0 saturated carbocycles. The molecule has 0 aromatic carbocycles. The topological polar surface area (TPSA) is 9.23 Å². The lowest BCUT2D eigenvalue weighted by atomic mass is 9.97. The molecule has 0 bridgehead atoms. The van der Waals surface area contributed by atoms with E-state index in [1.165, 1.54) is 6.42 Å². The third kappa shape index (κ3) is 3.89. The molecule has 0 fully saturated rings. The van der Waals surface area contributed by atoms with Crippen LogP contribution in [0.25, 0.3) is 0 Å². The lowest BCUT2D eigenvalue weighted by molar-refractivity contribution is 0.0484. The maximum atomic E-state index is 5.32. The van der Waals surface area contributed by atoms with E-state index in [0.717, 1.165) is 5.92 Å². The number of ether oxygens (including phenoxy) is 1. The van der Waals surface area contributed by atoms with Crippen LogP contribution < -0.4 is 0 Å². The van der Waals surface area contributed by atoms with Gasteiger partial charge >= 0.3 is 0 Å². The first-order valence-electron chi connectivity index (χ1n) is 4.10. The molecule has 0 saturated heterocycles. The van der Waals surface area contributed by atoms with Gasteiger partial charge in [0.15, 0.2) is 0 Å². The van der Waals surface area contributed by atoms with E-state index in [2.05, 4.69) is 27.7 Å². The van der Waals surface area contributed by atoms with E-state index in [9.17, 15) is 0 Å². The molecule has 62 valence electrons. The SMILES string of the molecule is COC(CC(C)C)C(C)C. The average molecular weight is 144 g/mol. The van der Waals surface area contributed by atoms with E-state index in [4.69, 9.17) is 4.74 Å². The van der Waals surface area contributed by atoms with Crippen LogP contribution in [0.3, 0.4) is 0 Å². The van der Waals surface area contributed by atoms with Gasteiger partial charge in [-0.2, -0.15) is 0 Å². The molecule has 0 aromatic heterocycles. The minimum absolute atomic E-state index is 0.444. The zero-order valence-corrected chi connectivity index (χ0v) is 7.85. The second kappa shape index (κ2) is 4.73. The van der Waals surface area contributed by atoms with Gasteiger partial charge in [0.1, 0.15) is 0 Å². The fourth-order valence-electron chi connectivity index (χ4n) is 1.11. The molecular weight excluding hydrogens is 124 g/mol. The zero-order valence-electron chi connectivity index (χ0n) is 7.85. The first-order valence-corrected chi connectivity index (χ1v) is 4.10. The van der Waals surface area contributed by atoms with E-state index in [0.29, 0.717) is 12.0 Å². The molecule has 1 heteroatoms. The van der Waals surface area contributed by atoms with Crippen LogP contribution in [0.2, 0.25) is 0 Å². The molecule has 1 atom stereocenters. The van der Waals surface area contributed by atoms with Crippen LogP contribution in [-0.4, -0.2) is 13.2 Å². The predicted octanol–water partition coefficient (Wildman–Crippen LogP) is 2.70. The Kier molecular flexibility index (Phi) is 4.71. The van der Waals surface area contributed by atoms with E-state index in [1.54, 1.807) is 7.11 Å². The molecule has 0 heterocycles. The molecule has 0 spiro atoms. The van der Waals surface area contributed by atoms with Crippen molar-refractivity contribution >= 4 is 0 Å². The maximum absolute atomic E-state index is 5.32. The molecule has 0 amide bonds. The Morgan fingerprint density at radius 1 is 1.10 bits per heavy atom. The molecule has 0 aliphatic heterocycles. The molecule has 0 aliphatic rings. The van der Waals surface area contributed by atoms with Crippen molar-refractivity contribution in [2.45, 2.75) is 40.2 Å². The van der Waals surface area contributed by atoms with Crippen molar-refractivity contribution in [1.82, 2.24) is 0 Å². The van der Waals surface area contributed by atoms with Gasteiger partial charge in [-0.05, 0) is 18.3 Å². The molecule has 0 rings (SSSR count). The van der Waals surface area contributed by atoms with Crippen molar-refractivity contribution in [3.8, 4) is 0 Å². The fraction of sp³-hybridized carbons (Fsp3) is 1.00. The normalized spacial score (nSPS) is 14.7. The van der Waals surface area contributed by atoms with Gasteiger partial charge in [0, 0.05) is 7.11 Å². The summed E-state index contributed by atoms with van der Waals surface area (Å²) in [4.78, 5) is 0. The highest BCUT2D eigenvalue weighted by Crippen LogP contribution is 2.14. The van der Waals surface area contributed by atoms with Gasteiger partial charge in [-0.15, -0.1) is 0 Å². The molecule has 0 radical (unpaired) electrons. The minimum Gasteiger partial charge on any atom is -0.381 e. The highest BCUT2D eigenvalue weighted by molar-refractivity contribution is 4.63. The van der Waals surface area contributed by atoms with Gasteiger partial charge in [-0.25, -0.2) is 0 Å². The van der Waals surface area contributed by atoms with Crippen molar-refractivity contribution in [2.24, 2.45) is 11.8 Å². The molecule has 10 heavy (non-hydrogen) atoms. The van der Waals surface area contributed by atoms with Crippen LogP contribution >= 0.6 is 0 Å². The van der Waals surface area contributed by atoms with Crippen LogP contribution in [-0.2, 0) is 4.74 Å². The van der Waals surface area contributed by atoms with Crippen LogP contribution in [0.1, 0.15) is 34.1 Å². The Labute approximate surface area is 64.8 Å². The third-order valence-electron chi connectivity index (χ3n) is 1.75. The van der Waals surface area contributed by atoms with Gasteiger partial charge in [0.05, 0.1) is 6.10 Å². The maximum Gasteiger partial charge on any atom is 0.0596 e. The van der Waals surface area contributed by atoms with E-state index in [1.807, 2.05) is 0 Å². The first-order chi connectivity index (χ1) is 4.57. The monoisotopic (exact) mass is 144 g/mol. The number of methoxy groups -OCH3 is 1. The fourth-order valence-corrected chi connectivity index (χ4v) is 1.11. The number of rotatable bonds is 4. The second-order valence-corrected chi connectivity index (χ2v) is 3.65. The summed E-state index contributed by atoms with van der Waals surface area (Å²) in [6, 6.07) is 0. The second-order valence-electron chi connectivity index (χ2n) is 3.65. The Morgan fingerprint density at radius 2 is 1.60 bits per heavy atom. The van der Waals surface area contributed by atoms with Crippen molar-refractivity contribution < 1.29 is 4.74 Å². The summed E-state index contributed by atoms with van der Waals surface area (Å²) >= 11 is 0. The largest absolute Gasteiger partial charge is 0.381 e. The van der Waals surface area contributed by atoms with Gasteiger partial charge in [0.25, 0.3) is 0 Å². The number of hydrogen-bond donors (Lipinski definition) is 0. The van der Waals surface area contributed by atoms with Crippen molar-refractivity contribution in [2.75, 3.05) is 7.11 Å². The molecule has 0 aromatic rings. The summed E-state index contributed by atoms with van der Waals surface area (Å²) < 4.78 is 5.32. The quantitative estimate of drug-likeness (QED) is 0.589. The van der Waals surface area contributed by atoms with Gasteiger partial charge < -0.3 is 4.74 Å². The summed E-state index contributed by atoms with van der Waals surface area (Å²) in [6.07, 6.45) is 1.62. The molecule has 1 nitrogen and oxygen atoms in total. The minimum atomic E-state index is 0.444. The Bertz CT molecular complexity index is 76.8. The highest BCUT2D eigenvalue weighted by atomic mass is 16.5. The smallest absolute Gasteiger partial charge is 0.0596 e. The predicted molar refractivity (Wildman–Crippen MR) is 45.1 cm³/mol. The summed E-state index contributed by atoms with van der Waals surface area (Å²) in [5.41, 5.74) is 0. The van der Waals surface area contributed by atoms with Crippen LogP contribution in [0.15, 0.2) is 0 Å². The molecule has 0 N–H and O–H groups in total. The zero-order chi connectivity index (χ0) is 8.15. The Morgan fingerprint density at radius 3 is 1.70 bits per heavy atom. The standard InChI is InChI=1S/C9H20O/c1-7(2)6-9(10-5)8(3)4/h7-9H,6H2,1-5H3. The third-order valence-corrected chi connectivity index (χ3v) is 1.75.